The number of hydrogen-bond donors (Lipinski definition) is 2. The standard InChI is InChI=1S/C19H17N5OS/c1-11(26-19-15(10-21)7-14(9-20)17(22)24-19)18(25)23-16-6-5-12-3-2-4-13(12)8-16/h5-8,11H,2-4H2,1H3,(H2,22,24)(H,23,25)/p+1/t11-/m0/s1. The highest BCUT2D eigenvalue weighted by Crippen LogP contribution is 2.27. The lowest BCUT2D eigenvalue weighted by molar-refractivity contribution is -0.410. The van der Waals surface area contributed by atoms with Gasteiger partial charge in [0.05, 0.1) is 5.25 Å². The van der Waals surface area contributed by atoms with Gasteiger partial charge in [-0.15, -0.1) is 0 Å². The molecule has 0 unspecified atom stereocenters. The SMILES string of the molecule is C[C@H](Sc1[nH+]c(N)c(C#N)cc1C#N)C(=O)Nc1ccc2c(c1)CCC2. The summed E-state index contributed by atoms with van der Waals surface area (Å²) in [4.78, 5) is 15.4. The zero-order chi connectivity index (χ0) is 18.7. The summed E-state index contributed by atoms with van der Waals surface area (Å²) in [5.41, 5.74) is 9.71. The molecular formula is C19H18N5OS+. The number of carbonyl (C=O) groups is 1. The molecule has 1 aliphatic carbocycles. The number of aromatic nitrogens is 1. The van der Waals surface area contributed by atoms with Gasteiger partial charge in [0, 0.05) is 5.69 Å². The second kappa shape index (κ2) is 7.47. The minimum Gasteiger partial charge on any atom is -0.325 e. The third-order valence-corrected chi connectivity index (χ3v) is 5.47. The fourth-order valence-corrected chi connectivity index (χ4v) is 3.86. The Morgan fingerprint density at radius 1 is 1.23 bits per heavy atom. The molecule has 0 bridgehead atoms. The van der Waals surface area contributed by atoms with Gasteiger partial charge in [0.2, 0.25) is 5.91 Å². The maximum absolute atomic E-state index is 12.5. The fourth-order valence-electron chi connectivity index (χ4n) is 2.94. The highest BCUT2D eigenvalue weighted by molar-refractivity contribution is 8.00. The molecule has 1 aromatic heterocycles. The van der Waals surface area contributed by atoms with E-state index in [4.69, 9.17) is 11.0 Å². The van der Waals surface area contributed by atoms with Crippen molar-refractivity contribution >= 4 is 29.2 Å². The number of carbonyl (C=O) groups excluding carboxylic acids is 1. The van der Waals surface area contributed by atoms with Crippen LogP contribution in [0.1, 0.15) is 35.6 Å². The summed E-state index contributed by atoms with van der Waals surface area (Å²) in [5, 5.41) is 21.2. The molecular weight excluding hydrogens is 346 g/mol. The van der Waals surface area contributed by atoms with E-state index in [0.29, 0.717) is 5.03 Å². The molecule has 7 heteroatoms. The molecule has 26 heavy (non-hydrogen) atoms. The van der Waals surface area contributed by atoms with Gasteiger partial charge < -0.3 is 5.32 Å². The predicted molar refractivity (Wildman–Crippen MR) is 99.3 cm³/mol. The van der Waals surface area contributed by atoms with Crippen LogP contribution in [0.15, 0.2) is 29.3 Å². The number of H-pyrrole nitrogens is 1. The lowest BCUT2D eigenvalue weighted by atomic mass is 10.1. The molecule has 4 N–H and O–H groups in total. The van der Waals surface area contributed by atoms with Crippen molar-refractivity contribution in [3.8, 4) is 12.1 Å². The van der Waals surface area contributed by atoms with E-state index in [-0.39, 0.29) is 22.9 Å². The van der Waals surface area contributed by atoms with Crippen LogP contribution in [0.5, 0.6) is 0 Å². The normalized spacial score (nSPS) is 13.3. The summed E-state index contributed by atoms with van der Waals surface area (Å²) in [6, 6.07) is 11.4. The number of benzene rings is 1. The van der Waals surface area contributed by atoms with Crippen LogP contribution in [-0.4, -0.2) is 11.2 Å². The third kappa shape index (κ3) is 3.63. The van der Waals surface area contributed by atoms with Gasteiger partial charge in [0.25, 0.3) is 5.82 Å². The lowest BCUT2D eigenvalue weighted by Crippen LogP contribution is -2.25. The summed E-state index contributed by atoms with van der Waals surface area (Å²) in [6.45, 7) is 1.76. The zero-order valence-corrected chi connectivity index (χ0v) is 15.1. The molecule has 2 aromatic rings. The zero-order valence-electron chi connectivity index (χ0n) is 14.3. The van der Waals surface area contributed by atoms with E-state index in [9.17, 15) is 10.1 Å². The smallest absolute Gasteiger partial charge is 0.289 e. The monoisotopic (exact) mass is 364 g/mol. The lowest BCUT2D eigenvalue weighted by Gasteiger charge is -2.12. The van der Waals surface area contributed by atoms with Crippen molar-refractivity contribution < 1.29 is 9.78 Å². The predicted octanol–water partition coefficient (Wildman–Crippen LogP) is 2.43. The van der Waals surface area contributed by atoms with Gasteiger partial charge in [-0.3, -0.25) is 10.5 Å². The number of amides is 1. The first-order chi connectivity index (χ1) is 12.5. The number of nitrogens with two attached hydrogens (primary N) is 1. The highest BCUT2D eigenvalue weighted by Gasteiger charge is 2.22. The Bertz CT molecular complexity index is 958. The van der Waals surface area contributed by atoms with Crippen LogP contribution >= 0.6 is 11.8 Å². The number of nitrogen functional groups attached to an aromatic ring is 1. The average molecular weight is 364 g/mol. The molecule has 0 saturated heterocycles. The summed E-state index contributed by atoms with van der Waals surface area (Å²) < 4.78 is 0. The largest absolute Gasteiger partial charge is 0.325 e. The number of nitriles is 2. The molecule has 1 amide bonds. The molecule has 1 atom stereocenters. The number of hydrogen-bond acceptors (Lipinski definition) is 5. The van der Waals surface area contributed by atoms with Crippen LogP contribution in [0, 0.1) is 22.7 Å². The molecule has 130 valence electrons. The van der Waals surface area contributed by atoms with E-state index < -0.39 is 5.25 Å². The van der Waals surface area contributed by atoms with E-state index in [1.807, 2.05) is 24.3 Å². The van der Waals surface area contributed by atoms with Crippen LogP contribution in [0.4, 0.5) is 11.5 Å². The molecule has 0 aliphatic heterocycles. The van der Waals surface area contributed by atoms with Crippen LogP contribution in [0.3, 0.4) is 0 Å². The summed E-state index contributed by atoms with van der Waals surface area (Å²) in [7, 11) is 0. The molecule has 1 heterocycles. The van der Waals surface area contributed by atoms with E-state index in [1.165, 1.54) is 29.0 Å². The summed E-state index contributed by atoms with van der Waals surface area (Å²) in [5.74, 6) is 0.0217. The van der Waals surface area contributed by atoms with E-state index >= 15 is 0 Å². The van der Waals surface area contributed by atoms with Crippen LogP contribution in [-0.2, 0) is 17.6 Å². The molecule has 1 aromatic carbocycles. The van der Waals surface area contributed by atoms with Crippen molar-refractivity contribution in [2.45, 2.75) is 36.5 Å². The molecule has 0 saturated carbocycles. The van der Waals surface area contributed by atoms with E-state index in [1.54, 1.807) is 6.92 Å². The van der Waals surface area contributed by atoms with Crippen molar-refractivity contribution in [1.29, 1.82) is 10.5 Å². The number of anilines is 2. The van der Waals surface area contributed by atoms with Crippen molar-refractivity contribution in [3.63, 3.8) is 0 Å². The van der Waals surface area contributed by atoms with Crippen LogP contribution < -0.4 is 16.0 Å². The number of aromatic amines is 1. The van der Waals surface area contributed by atoms with Gasteiger partial charge in [-0.1, -0.05) is 17.8 Å². The molecule has 0 radical (unpaired) electrons. The van der Waals surface area contributed by atoms with Crippen LogP contribution in [0.2, 0.25) is 0 Å². The van der Waals surface area contributed by atoms with E-state index in [2.05, 4.69) is 16.4 Å². The number of nitrogens with zero attached hydrogens (tertiary/aromatic N) is 2. The Hall–Kier alpha value is -3.03. The van der Waals surface area contributed by atoms with E-state index in [0.717, 1.165) is 24.9 Å². The Morgan fingerprint density at radius 3 is 2.69 bits per heavy atom. The highest BCUT2D eigenvalue weighted by atomic mass is 32.2. The van der Waals surface area contributed by atoms with Crippen LogP contribution in [0.25, 0.3) is 0 Å². The maximum Gasteiger partial charge on any atom is 0.289 e. The Morgan fingerprint density at radius 2 is 1.96 bits per heavy atom. The first-order valence-corrected chi connectivity index (χ1v) is 9.15. The first-order valence-electron chi connectivity index (χ1n) is 8.27. The quantitative estimate of drug-likeness (QED) is 0.808. The van der Waals surface area contributed by atoms with Crippen molar-refractivity contribution in [3.05, 3.63) is 46.5 Å². The minimum absolute atomic E-state index is 0.159. The number of aryl methyl sites for hydroxylation is 2. The van der Waals surface area contributed by atoms with Gasteiger partial charge in [-0.2, -0.15) is 10.5 Å². The second-order valence-electron chi connectivity index (χ2n) is 6.15. The van der Waals surface area contributed by atoms with Gasteiger partial charge in [-0.25, -0.2) is 4.98 Å². The topological polar surface area (TPSA) is 117 Å². The number of nitrogens with one attached hydrogen (secondary N) is 2. The van der Waals surface area contributed by atoms with Crippen molar-refractivity contribution in [2.75, 3.05) is 11.1 Å². The van der Waals surface area contributed by atoms with Crippen molar-refractivity contribution in [2.24, 2.45) is 0 Å². The molecule has 3 rings (SSSR count). The third-order valence-electron chi connectivity index (χ3n) is 4.34. The molecule has 6 nitrogen and oxygen atoms in total. The molecule has 0 fully saturated rings. The molecule has 1 aliphatic rings. The minimum atomic E-state index is -0.445. The van der Waals surface area contributed by atoms with Gasteiger partial charge in [0.15, 0.2) is 5.03 Å². The molecule has 0 spiro atoms. The van der Waals surface area contributed by atoms with Gasteiger partial charge >= 0.3 is 0 Å². The number of thioether (sulfide) groups is 1. The number of fused-ring (bicyclic) bond motifs is 1. The fraction of sp³-hybridized carbons (Fsp3) is 0.263. The first kappa shape index (κ1) is 17.8. The Labute approximate surface area is 156 Å². The average Bonchev–Trinajstić information content (AvgIpc) is 3.09. The van der Waals surface area contributed by atoms with Crippen molar-refractivity contribution in [1.82, 2.24) is 0 Å². The van der Waals surface area contributed by atoms with Gasteiger partial charge in [0.1, 0.15) is 23.3 Å². The summed E-state index contributed by atoms with van der Waals surface area (Å²) in [6.07, 6.45) is 3.31. The van der Waals surface area contributed by atoms with Gasteiger partial charge in [-0.05, 0) is 55.5 Å². The Kier molecular flexibility index (Phi) is 5.11. The second-order valence-corrected chi connectivity index (χ2v) is 7.50. The maximum atomic E-state index is 12.5. The Balaban J connectivity index is 1.73. The number of pyridine rings is 1. The summed E-state index contributed by atoms with van der Waals surface area (Å²) >= 11 is 1.20. The number of rotatable bonds is 4.